The van der Waals surface area contributed by atoms with Gasteiger partial charge in [-0.3, -0.25) is 4.55 Å². The van der Waals surface area contributed by atoms with Crippen molar-refractivity contribution < 1.29 is 13.0 Å². The van der Waals surface area contributed by atoms with E-state index in [1.165, 1.54) is 0 Å². The Bertz CT molecular complexity index is 581. The molecule has 2 aromatic rings. The van der Waals surface area contributed by atoms with Gasteiger partial charge in [0.1, 0.15) is 0 Å². The Labute approximate surface area is 95.4 Å². The lowest BCUT2D eigenvalue weighted by atomic mass is 10.4. The molecule has 0 aliphatic rings. The van der Waals surface area contributed by atoms with E-state index in [1.54, 1.807) is 0 Å². The van der Waals surface area contributed by atoms with Crippen molar-refractivity contribution >= 4 is 22.1 Å². The fraction of sp³-hybridized carbons (Fsp3) is 0. The minimum Gasteiger partial charge on any atom is -0.266 e. The van der Waals surface area contributed by atoms with Crippen molar-refractivity contribution in [2.75, 3.05) is 0 Å². The van der Waals surface area contributed by atoms with Gasteiger partial charge >= 0.3 is 10.3 Å². The summed E-state index contributed by atoms with van der Waals surface area (Å²) in [6.07, 6.45) is 0. The third kappa shape index (κ3) is 2.56. The third-order valence-corrected chi connectivity index (χ3v) is 2.96. The van der Waals surface area contributed by atoms with Crippen LogP contribution >= 0.6 is 11.8 Å². The highest BCUT2D eigenvalue weighted by atomic mass is 32.2. The standard InChI is InChI=1S/C7H6N4O3S2/c12-16(13,14)11-9-7(8-10-11)15-6-4-2-1-3-5-6/h1-5H,(H,12,13,14). The second kappa shape index (κ2) is 4.20. The van der Waals surface area contributed by atoms with Gasteiger partial charge in [-0.15, -0.1) is 5.10 Å². The highest BCUT2D eigenvalue weighted by Gasteiger charge is 2.13. The third-order valence-electron chi connectivity index (χ3n) is 1.54. The van der Waals surface area contributed by atoms with Crippen molar-refractivity contribution in [3.05, 3.63) is 30.3 Å². The molecule has 9 heteroatoms. The summed E-state index contributed by atoms with van der Waals surface area (Å²) in [5.41, 5.74) is 0. The van der Waals surface area contributed by atoms with Crippen LogP contribution in [0.3, 0.4) is 0 Å². The number of rotatable bonds is 3. The van der Waals surface area contributed by atoms with Crippen molar-refractivity contribution in [2.24, 2.45) is 0 Å². The maximum absolute atomic E-state index is 10.6. The first-order chi connectivity index (χ1) is 7.55. The molecule has 0 fully saturated rings. The summed E-state index contributed by atoms with van der Waals surface area (Å²) >= 11 is 1.14. The van der Waals surface area contributed by atoms with Crippen LogP contribution in [-0.4, -0.2) is 32.6 Å². The molecule has 0 bridgehead atoms. The van der Waals surface area contributed by atoms with Crippen LogP contribution in [0, 0.1) is 0 Å². The number of hydrogen-bond acceptors (Lipinski definition) is 6. The molecule has 0 amide bonds. The normalized spacial score (nSPS) is 11.6. The van der Waals surface area contributed by atoms with Crippen LogP contribution < -0.4 is 0 Å². The summed E-state index contributed by atoms with van der Waals surface area (Å²) in [7, 11) is -4.46. The quantitative estimate of drug-likeness (QED) is 0.799. The summed E-state index contributed by atoms with van der Waals surface area (Å²) < 4.78 is 30.1. The van der Waals surface area contributed by atoms with Crippen molar-refractivity contribution in [1.29, 1.82) is 0 Å². The maximum Gasteiger partial charge on any atom is 0.396 e. The number of nitrogens with zero attached hydrogens (tertiary/aromatic N) is 4. The predicted octanol–water partition coefficient (Wildman–Crippen LogP) is 0.475. The highest BCUT2D eigenvalue weighted by molar-refractivity contribution is 7.99. The van der Waals surface area contributed by atoms with E-state index in [2.05, 4.69) is 15.4 Å². The minimum atomic E-state index is -4.46. The Kier molecular flexibility index (Phi) is 2.90. The van der Waals surface area contributed by atoms with Gasteiger partial charge in [-0.1, -0.05) is 23.3 Å². The smallest absolute Gasteiger partial charge is 0.266 e. The zero-order valence-electron chi connectivity index (χ0n) is 7.76. The SMILES string of the molecule is O=S(=O)(O)n1nnc(Sc2ccccc2)n1. The zero-order valence-corrected chi connectivity index (χ0v) is 9.39. The molecule has 7 nitrogen and oxygen atoms in total. The number of hydrogen-bond donors (Lipinski definition) is 1. The summed E-state index contributed by atoms with van der Waals surface area (Å²) in [6, 6.07) is 9.15. The molecule has 2 rings (SSSR count). The molecule has 0 radical (unpaired) electrons. The van der Waals surface area contributed by atoms with Gasteiger partial charge in [0.05, 0.1) is 0 Å². The van der Waals surface area contributed by atoms with E-state index in [0.717, 1.165) is 16.7 Å². The second-order valence-corrected chi connectivity index (χ2v) is 4.95. The van der Waals surface area contributed by atoms with Gasteiger partial charge in [0, 0.05) is 4.90 Å². The van der Waals surface area contributed by atoms with Gasteiger partial charge in [-0.05, 0) is 33.3 Å². The van der Waals surface area contributed by atoms with E-state index < -0.39 is 10.3 Å². The van der Waals surface area contributed by atoms with Crippen molar-refractivity contribution in [3.63, 3.8) is 0 Å². The molecule has 0 atom stereocenters. The summed E-state index contributed by atoms with van der Waals surface area (Å²) in [4.78, 5) is 0.845. The maximum atomic E-state index is 10.6. The van der Waals surface area contributed by atoms with Crippen molar-refractivity contribution in [2.45, 2.75) is 10.1 Å². The van der Waals surface area contributed by atoms with Crippen LogP contribution in [-0.2, 0) is 10.3 Å². The molecule has 1 heterocycles. The van der Waals surface area contributed by atoms with Crippen LogP contribution in [0.5, 0.6) is 0 Å². The van der Waals surface area contributed by atoms with E-state index >= 15 is 0 Å². The topological polar surface area (TPSA) is 98.0 Å². The molecular formula is C7H6N4O3S2. The fourth-order valence-electron chi connectivity index (χ4n) is 0.922. The summed E-state index contributed by atoms with van der Waals surface area (Å²) in [6.45, 7) is 0. The number of benzene rings is 1. The molecular weight excluding hydrogens is 252 g/mol. The van der Waals surface area contributed by atoms with Gasteiger partial charge in [0.2, 0.25) is 5.16 Å². The Morgan fingerprint density at radius 2 is 1.94 bits per heavy atom. The Hall–Kier alpha value is -1.45. The summed E-state index contributed by atoms with van der Waals surface area (Å²) in [5.74, 6) is 0. The second-order valence-electron chi connectivity index (χ2n) is 2.69. The molecule has 0 spiro atoms. The summed E-state index contributed by atoms with van der Waals surface area (Å²) in [5, 5.41) is 10.3. The molecule has 0 saturated heterocycles. The highest BCUT2D eigenvalue weighted by Crippen LogP contribution is 2.22. The molecule has 1 N–H and O–H groups in total. The van der Waals surface area contributed by atoms with Gasteiger partial charge in [0.15, 0.2) is 0 Å². The number of tetrazole rings is 1. The molecule has 84 valence electrons. The van der Waals surface area contributed by atoms with E-state index in [1.807, 2.05) is 30.3 Å². The van der Waals surface area contributed by atoms with E-state index in [9.17, 15) is 8.42 Å². The number of aromatic nitrogens is 4. The average Bonchev–Trinajstić information content (AvgIpc) is 2.67. The van der Waals surface area contributed by atoms with Crippen LogP contribution in [0.1, 0.15) is 0 Å². The lowest BCUT2D eigenvalue weighted by Crippen LogP contribution is -2.14. The van der Waals surface area contributed by atoms with Crippen LogP contribution in [0.4, 0.5) is 0 Å². The van der Waals surface area contributed by atoms with E-state index in [4.69, 9.17) is 4.55 Å². The molecule has 0 saturated carbocycles. The first-order valence-corrected chi connectivity index (χ1v) is 6.28. The Morgan fingerprint density at radius 1 is 1.25 bits per heavy atom. The lowest BCUT2D eigenvalue weighted by molar-refractivity contribution is 0.454. The van der Waals surface area contributed by atoms with Crippen LogP contribution in [0.15, 0.2) is 40.4 Å². The van der Waals surface area contributed by atoms with Gasteiger partial charge in [-0.25, -0.2) is 0 Å². The van der Waals surface area contributed by atoms with Crippen molar-refractivity contribution in [3.8, 4) is 0 Å². The molecule has 0 aliphatic carbocycles. The van der Waals surface area contributed by atoms with Gasteiger partial charge < -0.3 is 0 Å². The largest absolute Gasteiger partial charge is 0.396 e. The zero-order chi connectivity index (χ0) is 11.6. The Balaban J connectivity index is 2.22. The molecule has 0 aliphatic heterocycles. The van der Waals surface area contributed by atoms with E-state index in [-0.39, 0.29) is 9.36 Å². The van der Waals surface area contributed by atoms with Gasteiger partial charge in [0.25, 0.3) is 0 Å². The minimum absolute atomic E-state index is 0.142. The fourth-order valence-corrected chi connectivity index (χ4v) is 1.98. The molecule has 1 aromatic heterocycles. The average molecular weight is 258 g/mol. The van der Waals surface area contributed by atoms with Crippen LogP contribution in [0.2, 0.25) is 0 Å². The molecule has 1 aromatic carbocycles. The van der Waals surface area contributed by atoms with E-state index in [0.29, 0.717) is 0 Å². The lowest BCUT2D eigenvalue weighted by Gasteiger charge is -1.93. The first kappa shape index (κ1) is 11.0. The van der Waals surface area contributed by atoms with Crippen molar-refractivity contribution in [1.82, 2.24) is 19.6 Å². The first-order valence-electron chi connectivity index (χ1n) is 4.06. The molecule has 0 unspecified atom stereocenters. The van der Waals surface area contributed by atoms with Crippen LogP contribution in [0.25, 0.3) is 0 Å². The predicted molar refractivity (Wildman–Crippen MR) is 55.3 cm³/mol. The Morgan fingerprint density at radius 3 is 2.50 bits per heavy atom. The monoisotopic (exact) mass is 258 g/mol. The molecule has 16 heavy (non-hydrogen) atoms. The van der Waals surface area contributed by atoms with Gasteiger partial charge in [-0.2, -0.15) is 8.42 Å².